The molecular weight excluding hydrogens is 208 g/mol. The highest BCUT2D eigenvalue weighted by atomic mass is 15.2. The molecule has 2 nitrogen and oxygen atoms in total. The Morgan fingerprint density at radius 1 is 1.06 bits per heavy atom. The van der Waals surface area contributed by atoms with E-state index in [9.17, 15) is 0 Å². The van der Waals surface area contributed by atoms with Gasteiger partial charge in [-0.3, -0.25) is 0 Å². The summed E-state index contributed by atoms with van der Waals surface area (Å²) in [5.74, 6) is 0. The lowest BCUT2D eigenvalue weighted by Crippen LogP contribution is -2.47. The second-order valence-corrected chi connectivity index (χ2v) is 5.84. The van der Waals surface area contributed by atoms with Crippen molar-refractivity contribution in [2.45, 2.75) is 84.3 Å². The minimum atomic E-state index is 0.720. The number of likely N-dealkylation sites (tertiary alicyclic amines) is 1. The van der Waals surface area contributed by atoms with E-state index in [1.165, 1.54) is 51.6 Å². The third-order valence-electron chi connectivity index (χ3n) is 4.01. The van der Waals surface area contributed by atoms with Gasteiger partial charge in [0.2, 0.25) is 0 Å². The van der Waals surface area contributed by atoms with Crippen LogP contribution in [-0.4, -0.2) is 36.1 Å². The molecule has 1 heterocycles. The fourth-order valence-corrected chi connectivity index (χ4v) is 2.92. The maximum absolute atomic E-state index is 3.89. The molecule has 17 heavy (non-hydrogen) atoms. The molecule has 0 bridgehead atoms. The van der Waals surface area contributed by atoms with Gasteiger partial charge in [-0.2, -0.15) is 0 Å². The highest BCUT2D eigenvalue weighted by Crippen LogP contribution is 2.15. The van der Waals surface area contributed by atoms with Crippen molar-refractivity contribution in [1.29, 1.82) is 0 Å². The van der Waals surface area contributed by atoms with Crippen molar-refractivity contribution in [3.63, 3.8) is 0 Å². The number of rotatable bonds is 7. The molecule has 0 aromatic heterocycles. The van der Waals surface area contributed by atoms with Gasteiger partial charge in [0.15, 0.2) is 0 Å². The molecular formula is C15H32N2. The SMILES string of the molecule is CCCC(CCC)NC1CCN(C(C)C)CC1. The summed E-state index contributed by atoms with van der Waals surface area (Å²) in [6.45, 7) is 11.8. The van der Waals surface area contributed by atoms with Crippen LogP contribution in [0.25, 0.3) is 0 Å². The molecule has 1 rings (SSSR count). The van der Waals surface area contributed by atoms with E-state index in [4.69, 9.17) is 0 Å². The van der Waals surface area contributed by atoms with Gasteiger partial charge in [0.1, 0.15) is 0 Å². The third-order valence-corrected chi connectivity index (χ3v) is 4.01. The fraction of sp³-hybridized carbons (Fsp3) is 1.00. The van der Waals surface area contributed by atoms with E-state index in [1.807, 2.05) is 0 Å². The summed E-state index contributed by atoms with van der Waals surface area (Å²) in [5, 5.41) is 3.89. The van der Waals surface area contributed by atoms with Crippen LogP contribution < -0.4 is 5.32 Å². The predicted molar refractivity (Wildman–Crippen MR) is 76.5 cm³/mol. The van der Waals surface area contributed by atoms with E-state index in [2.05, 4.69) is 37.9 Å². The zero-order chi connectivity index (χ0) is 12.7. The molecule has 102 valence electrons. The van der Waals surface area contributed by atoms with E-state index in [0.29, 0.717) is 0 Å². The van der Waals surface area contributed by atoms with E-state index >= 15 is 0 Å². The van der Waals surface area contributed by atoms with Crippen LogP contribution in [0.5, 0.6) is 0 Å². The van der Waals surface area contributed by atoms with Crippen molar-refractivity contribution < 1.29 is 0 Å². The van der Waals surface area contributed by atoms with Crippen LogP contribution in [0.3, 0.4) is 0 Å². The summed E-state index contributed by atoms with van der Waals surface area (Å²) >= 11 is 0. The van der Waals surface area contributed by atoms with Crippen LogP contribution in [0, 0.1) is 0 Å². The Kier molecular flexibility index (Phi) is 7.14. The van der Waals surface area contributed by atoms with Gasteiger partial charge in [0.05, 0.1) is 0 Å². The number of nitrogens with one attached hydrogen (secondary N) is 1. The molecule has 0 atom stereocenters. The molecule has 0 aromatic carbocycles. The van der Waals surface area contributed by atoms with Gasteiger partial charge >= 0.3 is 0 Å². The Labute approximate surface area is 108 Å². The Hall–Kier alpha value is -0.0800. The maximum atomic E-state index is 3.89. The van der Waals surface area contributed by atoms with E-state index in [-0.39, 0.29) is 0 Å². The van der Waals surface area contributed by atoms with Gasteiger partial charge in [-0.25, -0.2) is 0 Å². The van der Waals surface area contributed by atoms with Crippen LogP contribution in [-0.2, 0) is 0 Å². The largest absolute Gasteiger partial charge is 0.311 e. The van der Waals surface area contributed by atoms with Crippen molar-refractivity contribution in [1.82, 2.24) is 10.2 Å². The number of hydrogen-bond donors (Lipinski definition) is 1. The summed E-state index contributed by atoms with van der Waals surface area (Å²) in [7, 11) is 0. The van der Waals surface area contributed by atoms with Gasteiger partial charge in [0, 0.05) is 18.1 Å². The zero-order valence-corrected chi connectivity index (χ0v) is 12.3. The molecule has 0 aliphatic carbocycles. The van der Waals surface area contributed by atoms with E-state index < -0.39 is 0 Å². The topological polar surface area (TPSA) is 15.3 Å². The molecule has 1 saturated heterocycles. The lowest BCUT2D eigenvalue weighted by molar-refractivity contribution is 0.154. The van der Waals surface area contributed by atoms with Gasteiger partial charge in [-0.1, -0.05) is 26.7 Å². The quantitative estimate of drug-likeness (QED) is 0.733. The normalized spacial score (nSPS) is 19.4. The molecule has 1 aliphatic heterocycles. The highest BCUT2D eigenvalue weighted by Gasteiger charge is 2.22. The molecule has 0 amide bonds. The predicted octanol–water partition coefficient (Wildman–Crippen LogP) is 3.42. The van der Waals surface area contributed by atoms with Gasteiger partial charge in [-0.15, -0.1) is 0 Å². The average molecular weight is 240 g/mol. The smallest absolute Gasteiger partial charge is 0.00940 e. The van der Waals surface area contributed by atoms with Crippen LogP contribution in [0.15, 0.2) is 0 Å². The first-order valence-electron chi connectivity index (χ1n) is 7.67. The molecule has 2 heteroatoms. The number of hydrogen-bond acceptors (Lipinski definition) is 2. The summed E-state index contributed by atoms with van der Waals surface area (Å²) in [4.78, 5) is 2.60. The van der Waals surface area contributed by atoms with Gasteiger partial charge < -0.3 is 10.2 Å². The maximum Gasteiger partial charge on any atom is 0.00940 e. The molecule has 0 unspecified atom stereocenters. The van der Waals surface area contributed by atoms with Crippen LogP contribution in [0.1, 0.15) is 66.2 Å². The van der Waals surface area contributed by atoms with E-state index in [1.54, 1.807) is 0 Å². The Morgan fingerprint density at radius 2 is 1.59 bits per heavy atom. The van der Waals surface area contributed by atoms with Gasteiger partial charge in [-0.05, 0) is 52.6 Å². The van der Waals surface area contributed by atoms with Gasteiger partial charge in [0.25, 0.3) is 0 Å². The first-order chi connectivity index (χ1) is 8.17. The Balaban J connectivity index is 2.27. The zero-order valence-electron chi connectivity index (χ0n) is 12.3. The lowest BCUT2D eigenvalue weighted by Gasteiger charge is -2.36. The summed E-state index contributed by atoms with van der Waals surface area (Å²) in [6, 6.07) is 2.26. The van der Waals surface area contributed by atoms with Crippen LogP contribution in [0.4, 0.5) is 0 Å². The number of piperidine rings is 1. The van der Waals surface area contributed by atoms with E-state index in [0.717, 1.165) is 18.1 Å². The summed E-state index contributed by atoms with van der Waals surface area (Å²) in [5.41, 5.74) is 0. The molecule has 0 aromatic rings. The van der Waals surface area contributed by atoms with Crippen molar-refractivity contribution >= 4 is 0 Å². The van der Waals surface area contributed by atoms with Crippen molar-refractivity contribution in [3.8, 4) is 0 Å². The van der Waals surface area contributed by atoms with Crippen molar-refractivity contribution in [3.05, 3.63) is 0 Å². The second-order valence-electron chi connectivity index (χ2n) is 5.84. The molecule has 1 aliphatic rings. The van der Waals surface area contributed by atoms with Crippen LogP contribution >= 0.6 is 0 Å². The molecule has 0 saturated carbocycles. The second kappa shape index (κ2) is 8.10. The Bertz CT molecular complexity index is 177. The number of nitrogens with zero attached hydrogens (tertiary/aromatic N) is 1. The molecule has 0 spiro atoms. The third kappa shape index (κ3) is 5.39. The molecule has 1 fully saturated rings. The molecule has 1 N–H and O–H groups in total. The average Bonchev–Trinajstić information content (AvgIpc) is 2.30. The minimum absolute atomic E-state index is 0.720. The summed E-state index contributed by atoms with van der Waals surface area (Å²) in [6.07, 6.45) is 7.98. The van der Waals surface area contributed by atoms with Crippen molar-refractivity contribution in [2.75, 3.05) is 13.1 Å². The minimum Gasteiger partial charge on any atom is -0.311 e. The first kappa shape index (κ1) is 15.0. The monoisotopic (exact) mass is 240 g/mol. The fourth-order valence-electron chi connectivity index (χ4n) is 2.92. The lowest BCUT2D eigenvalue weighted by atomic mass is 9.99. The Morgan fingerprint density at radius 3 is 2.00 bits per heavy atom. The summed E-state index contributed by atoms with van der Waals surface area (Å²) < 4.78 is 0. The van der Waals surface area contributed by atoms with Crippen LogP contribution in [0.2, 0.25) is 0 Å². The molecule has 0 radical (unpaired) electrons. The first-order valence-corrected chi connectivity index (χ1v) is 7.67. The van der Waals surface area contributed by atoms with Crippen molar-refractivity contribution in [2.24, 2.45) is 0 Å². The highest BCUT2D eigenvalue weighted by molar-refractivity contribution is 4.81. The standard InChI is InChI=1S/C15H32N2/c1-5-7-14(8-6-2)16-15-9-11-17(12-10-15)13(3)4/h13-16H,5-12H2,1-4H3.